The summed E-state index contributed by atoms with van der Waals surface area (Å²) in [5.41, 5.74) is 2.28. The Morgan fingerprint density at radius 3 is 3.06 bits per heavy atom. The van der Waals surface area contributed by atoms with Crippen molar-refractivity contribution in [2.45, 2.75) is 6.54 Å². The number of benzene rings is 1. The van der Waals surface area contributed by atoms with E-state index in [9.17, 15) is 0 Å². The minimum absolute atomic E-state index is 0.778. The third-order valence-corrected chi connectivity index (χ3v) is 3.47. The van der Waals surface area contributed by atoms with E-state index in [2.05, 4.69) is 45.2 Å². The lowest BCUT2D eigenvalue weighted by molar-refractivity contribution is 0.983. The first-order chi connectivity index (χ1) is 7.93. The maximum absolute atomic E-state index is 3.92. The highest BCUT2D eigenvalue weighted by Gasteiger charge is 2.02. The van der Waals surface area contributed by atoms with E-state index in [0.717, 1.165) is 12.2 Å². The Bertz CT molecular complexity index is 583. The predicted octanol–water partition coefficient (Wildman–Crippen LogP) is 3.24. The van der Waals surface area contributed by atoms with Gasteiger partial charge >= 0.3 is 0 Å². The number of nitrogens with zero attached hydrogens (tertiary/aromatic N) is 1. The van der Waals surface area contributed by atoms with Crippen LogP contribution >= 0.6 is 11.3 Å². The molecule has 0 aliphatic rings. The van der Waals surface area contributed by atoms with Crippen LogP contribution < -0.4 is 5.32 Å². The molecule has 0 radical (unpaired) electrons. The number of fused-ring (bicyclic) bond motifs is 1. The molecule has 0 spiro atoms. The molecule has 0 aliphatic carbocycles. The Hall–Kier alpha value is -1.81. The molecule has 0 saturated carbocycles. The predicted molar refractivity (Wildman–Crippen MR) is 67.7 cm³/mol. The number of hydrogen-bond donors (Lipinski definition) is 2. The zero-order chi connectivity index (χ0) is 10.8. The summed E-state index contributed by atoms with van der Waals surface area (Å²) in [5.74, 6) is 0. The highest BCUT2D eigenvalue weighted by molar-refractivity contribution is 7.17. The number of thiophene rings is 1. The molecule has 2 heterocycles. The first kappa shape index (κ1) is 9.42. The maximum Gasteiger partial charge on any atom is 0.0568 e. The van der Waals surface area contributed by atoms with Gasteiger partial charge in [0, 0.05) is 21.7 Å². The molecule has 2 N–H and O–H groups in total. The summed E-state index contributed by atoms with van der Waals surface area (Å²) in [6, 6.07) is 10.4. The Kier molecular flexibility index (Phi) is 2.34. The van der Waals surface area contributed by atoms with E-state index in [1.165, 1.54) is 15.8 Å². The van der Waals surface area contributed by atoms with Gasteiger partial charge in [0.05, 0.1) is 17.9 Å². The van der Waals surface area contributed by atoms with Crippen molar-refractivity contribution in [1.82, 2.24) is 10.2 Å². The van der Waals surface area contributed by atoms with Crippen molar-refractivity contribution in [3.05, 3.63) is 47.6 Å². The van der Waals surface area contributed by atoms with Gasteiger partial charge in [0.1, 0.15) is 0 Å². The lowest BCUT2D eigenvalue weighted by Gasteiger charge is -2.02. The van der Waals surface area contributed by atoms with Crippen LogP contribution in [0.15, 0.2) is 41.9 Å². The molecule has 0 saturated heterocycles. The van der Waals surface area contributed by atoms with E-state index in [1.54, 1.807) is 17.5 Å². The molecule has 2 aromatic heterocycles. The minimum atomic E-state index is 0.778. The van der Waals surface area contributed by atoms with Gasteiger partial charge in [0.25, 0.3) is 0 Å². The fraction of sp³-hybridized carbons (Fsp3) is 0.0833. The van der Waals surface area contributed by atoms with Crippen molar-refractivity contribution in [3.8, 4) is 0 Å². The molecule has 80 valence electrons. The van der Waals surface area contributed by atoms with Gasteiger partial charge in [-0.05, 0) is 12.1 Å². The van der Waals surface area contributed by atoms with E-state index < -0.39 is 0 Å². The monoisotopic (exact) mass is 229 g/mol. The summed E-state index contributed by atoms with van der Waals surface area (Å²) >= 11 is 1.76. The third-order valence-electron chi connectivity index (χ3n) is 2.51. The number of aromatic amines is 1. The summed E-state index contributed by atoms with van der Waals surface area (Å²) < 4.78 is 1.31. The van der Waals surface area contributed by atoms with E-state index in [1.807, 2.05) is 6.07 Å². The molecule has 3 nitrogen and oxygen atoms in total. The molecule has 0 unspecified atom stereocenters. The van der Waals surface area contributed by atoms with Crippen molar-refractivity contribution in [1.29, 1.82) is 0 Å². The first-order valence-electron chi connectivity index (χ1n) is 5.12. The molecule has 3 aromatic rings. The van der Waals surface area contributed by atoms with E-state index >= 15 is 0 Å². The summed E-state index contributed by atoms with van der Waals surface area (Å²) in [5, 5.41) is 13.7. The Morgan fingerprint density at radius 2 is 2.19 bits per heavy atom. The zero-order valence-corrected chi connectivity index (χ0v) is 9.42. The molecule has 4 heteroatoms. The molecule has 0 amide bonds. The SMILES string of the molecule is c1ccc2c(NCc3ccn[nH]3)csc2c1. The zero-order valence-electron chi connectivity index (χ0n) is 8.60. The molecule has 0 atom stereocenters. The van der Waals surface area contributed by atoms with Crippen molar-refractivity contribution < 1.29 is 0 Å². The Balaban J connectivity index is 1.84. The van der Waals surface area contributed by atoms with Crippen LogP contribution in [0.25, 0.3) is 10.1 Å². The minimum Gasteiger partial charge on any atom is -0.378 e. The van der Waals surface area contributed by atoms with Gasteiger partial charge in [0.15, 0.2) is 0 Å². The largest absolute Gasteiger partial charge is 0.378 e. The maximum atomic E-state index is 3.92. The standard InChI is InChI=1S/C12H11N3S/c1-2-4-12-10(3-1)11(8-16-12)13-7-9-5-6-14-15-9/h1-6,8,13H,7H2,(H,14,15). The van der Waals surface area contributed by atoms with Gasteiger partial charge in [-0.1, -0.05) is 18.2 Å². The van der Waals surface area contributed by atoms with Gasteiger partial charge < -0.3 is 5.32 Å². The van der Waals surface area contributed by atoms with Gasteiger partial charge in [-0.2, -0.15) is 5.10 Å². The second-order valence-electron chi connectivity index (χ2n) is 3.58. The molecule has 1 aromatic carbocycles. The fourth-order valence-corrected chi connectivity index (χ4v) is 2.61. The average molecular weight is 229 g/mol. The van der Waals surface area contributed by atoms with Gasteiger partial charge in [-0.25, -0.2) is 0 Å². The van der Waals surface area contributed by atoms with E-state index in [4.69, 9.17) is 0 Å². The van der Waals surface area contributed by atoms with Crippen LogP contribution in [0, 0.1) is 0 Å². The van der Waals surface area contributed by atoms with E-state index in [0.29, 0.717) is 0 Å². The van der Waals surface area contributed by atoms with Gasteiger partial charge in [-0.3, -0.25) is 5.10 Å². The summed E-state index contributed by atoms with van der Waals surface area (Å²) in [7, 11) is 0. The lowest BCUT2D eigenvalue weighted by Crippen LogP contribution is -1.98. The van der Waals surface area contributed by atoms with Crippen LogP contribution in [0.5, 0.6) is 0 Å². The highest BCUT2D eigenvalue weighted by atomic mass is 32.1. The smallest absolute Gasteiger partial charge is 0.0568 e. The topological polar surface area (TPSA) is 40.7 Å². The number of aromatic nitrogens is 2. The number of anilines is 1. The van der Waals surface area contributed by atoms with E-state index in [-0.39, 0.29) is 0 Å². The normalized spacial score (nSPS) is 10.8. The Labute approximate surface area is 97.1 Å². The van der Waals surface area contributed by atoms with Crippen molar-refractivity contribution in [3.63, 3.8) is 0 Å². The summed E-state index contributed by atoms with van der Waals surface area (Å²) in [4.78, 5) is 0. The number of nitrogens with one attached hydrogen (secondary N) is 2. The molecular weight excluding hydrogens is 218 g/mol. The second-order valence-corrected chi connectivity index (χ2v) is 4.49. The fourth-order valence-electron chi connectivity index (χ4n) is 1.69. The van der Waals surface area contributed by atoms with Crippen LogP contribution in [-0.2, 0) is 6.54 Å². The number of rotatable bonds is 3. The van der Waals surface area contributed by atoms with Crippen molar-refractivity contribution in [2.24, 2.45) is 0 Å². The van der Waals surface area contributed by atoms with Crippen LogP contribution in [-0.4, -0.2) is 10.2 Å². The molecule has 3 rings (SSSR count). The van der Waals surface area contributed by atoms with Crippen LogP contribution in [0.2, 0.25) is 0 Å². The van der Waals surface area contributed by atoms with Crippen molar-refractivity contribution >= 4 is 27.1 Å². The molecular formula is C12H11N3S. The third kappa shape index (κ3) is 1.67. The average Bonchev–Trinajstić information content (AvgIpc) is 2.96. The summed E-state index contributed by atoms with van der Waals surface area (Å²) in [6.45, 7) is 0.778. The highest BCUT2D eigenvalue weighted by Crippen LogP contribution is 2.29. The lowest BCUT2D eigenvalue weighted by atomic mass is 10.2. The van der Waals surface area contributed by atoms with Gasteiger partial charge in [-0.15, -0.1) is 11.3 Å². The van der Waals surface area contributed by atoms with Crippen LogP contribution in [0.4, 0.5) is 5.69 Å². The summed E-state index contributed by atoms with van der Waals surface area (Å²) in [6.07, 6.45) is 1.77. The van der Waals surface area contributed by atoms with Crippen LogP contribution in [0.1, 0.15) is 5.69 Å². The van der Waals surface area contributed by atoms with Gasteiger partial charge in [0.2, 0.25) is 0 Å². The number of hydrogen-bond acceptors (Lipinski definition) is 3. The number of H-pyrrole nitrogens is 1. The molecule has 0 fully saturated rings. The van der Waals surface area contributed by atoms with Crippen LogP contribution in [0.3, 0.4) is 0 Å². The molecule has 16 heavy (non-hydrogen) atoms. The quantitative estimate of drug-likeness (QED) is 0.724. The molecule has 0 bridgehead atoms. The van der Waals surface area contributed by atoms with Crippen molar-refractivity contribution in [2.75, 3.05) is 5.32 Å². The first-order valence-corrected chi connectivity index (χ1v) is 6.00. The Morgan fingerprint density at radius 1 is 1.25 bits per heavy atom. The molecule has 0 aliphatic heterocycles. The second kappa shape index (κ2) is 3.98.